The van der Waals surface area contributed by atoms with Crippen molar-refractivity contribution < 1.29 is 19.2 Å². The second-order valence-electron chi connectivity index (χ2n) is 3.49. The molecule has 1 aromatic carbocycles. The van der Waals surface area contributed by atoms with Gasteiger partial charge >= 0.3 is 5.97 Å². The number of hydrogen-bond acceptors (Lipinski definition) is 5. The number of nitrogens with zero attached hydrogens (tertiary/aromatic N) is 2. The standard InChI is InChI=1S/C11H12N2O5/c1-8(11(15)18-2)12(7-14)9-3-5-10(6-4-9)13(16)17/h3-8H,1-2H3. The normalized spacial score (nSPS) is 11.4. The lowest BCUT2D eigenvalue weighted by molar-refractivity contribution is -0.384. The molecule has 1 aromatic rings. The van der Waals surface area contributed by atoms with Crippen LogP contribution in [0.3, 0.4) is 0 Å². The van der Waals surface area contributed by atoms with Crippen LogP contribution in [0.25, 0.3) is 0 Å². The summed E-state index contributed by atoms with van der Waals surface area (Å²) < 4.78 is 4.53. The third-order valence-corrected chi connectivity index (χ3v) is 2.43. The van der Waals surface area contributed by atoms with Gasteiger partial charge in [-0.2, -0.15) is 0 Å². The Bertz CT molecular complexity index is 457. The van der Waals surface area contributed by atoms with Gasteiger partial charge in [-0.15, -0.1) is 0 Å². The summed E-state index contributed by atoms with van der Waals surface area (Å²) in [6.45, 7) is 1.50. The van der Waals surface area contributed by atoms with Crippen LogP contribution in [0.2, 0.25) is 0 Å². The van der Waals surface area contributed by atoms with Crippen molar-refractivity contribution in [2.45, 2.75) is 13.0 Å². The molecule has 1 amide bonds. The van der Waals surface area contributed by atoms with Gasteiger partial charge in [0, 0.05) is 17.8 Å². The van der Waals surface area contributed by atoms with Crippen molar-refractivity contribution in [3.8, 4) is 0 Å². The summed E-state index contributed by atoms with van der Waals surface area (Å²) in [4.78, 5) is 33.4. The summed E-state index contributed by atoms with van der Waals surface area (Å²) in [5.41, 5.74) is 0.295. The van der Waals surface area contributed by atoms with Crippen molar-refractivity contribution in [1.29, 1.82) is 0 Å². The number of ether oxygens (including phenoxy) is 1. The molecule has 0 N–H and O–H groups in total. The zero-order chi connectivity index (χ0) is 13.7. The lowest BCUT2D eigenvalue weighted by atomic mass is 10.2. The SMILES string of the molecule is COC(=O)C(C)N(C=O)c1ccc([N+](=O)[O-])cc1. The molecule has 0 bridgehead atoms. The number of carbonyl (C=O) groups is 2. The fourth-order valence-electron chi connectivity index (χ4n) is 1.41. The highest BCUT2D eigenvalue weighted by molar-refractivity contribution is 5.88. The van der Waals surface area contributed by atoms with Gasteiger partial charge in [0.25, 0.3) is 5.69 Å². The maximum Gasteiger partial charge on any atom is 0.328 e. The number of non-ortho nitro benzene ring substituents is 1. The second-order valence-corrected chi connectivity index (χ2v) is 3.49. The number of anilines is 1. The van der Waals surface area contributed by atoms with E-state index >= 15 is 0 Å². The van der Waals surface area contributed by atoms with Crippen molar-refractivity contribution in [3.63, 3.8) is 0 Å². The number of nitro groups is 1. The van der Waals surface area contributed by atoms with E-state index in [0.29, 0.717) is 12.1 Å². The fourth-order valence-corrected chi connectivity index (χ4v) is 1.41. The van der Waals surface area contributed by atoms with E-state index in [1.165, 1.54) is 38.3 Å². The third-order valence-electron chi connectivity index (χ3n) is 2.43. The van der Waals surface area contributed by atoms with Gasteiger partial charge < -0.3 is 9.64 Å². The molecule has 0 heterocycles. The van der Waals surface area contributed by atoms with Gasteiger partial charge in [0.05, 0.1) is 12.0 Å². The van der Waals surface area contributed by atoms with Gasteiger partial charge in [-0.1, -0.05) is 0 Å². The van der Waals surface area contributed by atoms with Crippen LogP contribution in [-0.4, -0.2) is 30.5 Å². The number of amides is 1. The molecule has 1 atom stereocenters. The molecular formula is C11H12N2O5. The lowest BCUT2D eigenvalue weighted by Crippen LogP contribution is -2.38. The molecule has 18 heavy (non-hydrogen) atoms. The van der Waals surface area contributed by atoms with Crippen LogP contribution in [0.5, 0.6) is 0 Å². The monoisotopic (exact) mass is 252 g/mol. The zero-order valence-corrected chi connectivity index (χ0v) is 9.90. The van der Waals surface area contributed by atoms with Crippen molar-refractivity contribution in [2.75, 3.05) is 12.0 Å². The Morgan fingerprint density at radius 3 is 2.39 bits per heavy atom. The summed E-state index contributed by atoms with van der Waals surface area (Å²) in [6, 6.07) is 4.51. The van der Waals surface area contributed by atoms with Gasteiger partial charge in [-0.25, -0.2) is 4.79 Å². The van der Waals surface area contributed by atoms with Crippen LogP contribution < -0.4 is 4.90 Å². The summed E-state index contributed by atoms with van der Waals surface area (Å²) in [7, 11) is 1.22. The van der Waals surface area contributed by atoms with E-state index in [2.05, 4.69) is 4.74 Å². The molecule has 1 unspecified atom stereocenters. The van der Waals surface area contributed by atoms with E-state index in [0.717, 1.165) is 4.90 Å². The molecule has 7 heteroatoms. The molecule has 0 saturated carbocycles. The Hall–Kier alpha value is -2.44. The second kappa shape index (κ2) is 5.76. The maximum atomic E-state index is 11.3. The van der Waals surface area contributed by atoms with Crippen molar-refractivity contribution in [3.05, 3.63) is 34.4 Å². The summed E-state index contributed by atoms with van der Waals surface area (Å²) in [5.74, 6) is -0.569. The van der Waals surface area contributed by atoms with Crippen LogP contribution in [0.15, 0.2) is 24.3 Å². The minimum atomic E-state index is -0.797. The van der Waals surface area contributed by atoms with Crippen LogP contribution in [-0.2, 0) is 14.3 Å². The lowest BCUT2D eigenvalue weighted by Gasteiger charge is -2.22. The quantitative estimate of drug-likeness (QED) is 0.339. The number of carbonyl (C=O) groups excluding carboxylic acids is 2. The molecule has 0 fully saturated rings. The smallest absolute Gasteiger partial charge is 0.328 e. The first-order valence-electron chi connectivity index (χ1n) is 5.07. The summed E-state index contributed by atoms with van der Waals surface area (Å²) >= 11 is 0. The predicted molar refractivity (Wildman–Crippen MR) is 63.1 cm³/mol. The predicted octanol–water partition coefficient (Wildman–Crippen LogP) is 1.12. The van der Waals surface area contributed by atoms with Gasteiger partial charge in [-0.3, -0.25) is 14.9 Å². The van der Waals surface area contributed by atoms with E-state index in [1.54, 1.807) is 0 Å². The summed E-state index contributed by atoms with van der Waals surface area (Å²) in [5, 5.41) is 10.5. The Morgan fingerprint density at radius 2 is 2.00 bits per heavy atom. The van der Waals surface area contributed by atoms with Crippen LogP contribution >= 0.6 is 0 Å². The number of methoxy groups -OCH3 is 1. The number of benzene rings is 1. The highest BCUT2D eigenvalue weighted by Gasteiger charge is 2.22. The first kappa shape index (κ1) is 13.6. The topological polar surface area (TPSA) is 89.8 Å². The Morgan fingerprint density at radius 1 is 1.44 bits per heavy atom. The molecule has 0 radical (unpaired) electrons. The van der Waals surface area contributed by atoms with Crippen LogP contribution in [0.4, 0.5) is 11.4 Å². The zero-order valence-electron chi connectivity index (χ0n) is 9.90. The molecule has 0 saturated heterocycles. The van der Waals surface area contributed by atoms with Crippen molar-refractivity contribution in [2.24, 2.45) is 0 Å². The molecule has 0 aromatic heterocycles. The average molecular weight is 252 g/mol. The van der Waals surface area contributed by atoms with E-state index in [1.807, 2.05) is 0 Å². The molecule has 0 aliphatic carbocycles. The van der Waals surface area contributed by atoms with Crippen molar-refractivity contribution >= 4 is 23.8 Å². The van der Waals surface area contributed by atoms with Gasteiger partial charge in [0.15, 0.2) is 0 Å². The van der Waals surface area contributed by atoms with Crippen LogP contribution in [0.1, 0.15) is 6.92 Å². The Balaban J connectivity index is 2.99. The minimum absolute atomic E-state index is 0.0877. The molecule has 0 aliphatic heterocycles. The van der Waals surface area contributed by atoms with Crippen LogP contribution in [0, 0.1) is 10.1 Å². The van der Waals surface area contributed by atoms with E-state index in [-0.39, 0.29) is 5.69 Å². The van der Waals surface area contributed by atoms with E-state index in [4.69, 9.17) is 0 Å². The minimum Gasteiger partial charge on any atom is -0.467 e. The van der Waals surface area contributed by atoms with Gasteiger partial charge in [-0.05, 0) is 19.1 Å². The average Bonchev–Trinajstić information content (AvgIpc) is 2.39. The third kappa shape index (κ3) is 2.82. The van der Waals surface area contributed by atoms with E-state index in [9.17, 15) is 19.7 Å². The number of rotatable bonds is 5. The Kier molecular flexibility index (Phi) is 4.36. The highest BCUT2D eigenvalue weighted by Crippen LogP contribution is 2.20. The first-order chi connectivity index (χ1) is 8.51. The molecule has 0 spiro atoms. The highest BCUT2D eigenvalue weighted by atomic mass is 16.6. The molecular weight excluding hydrogens is 240 g/mol. The fraction of sp³-hybridized carbons (Fsp3) is 0.273. The molecule has 1 rings (SSSR count). The summed E-state index contributed by atoms with van der Waals surface area (Å²) in [6.07, 6.45) is 0.475. The van der Waals surface area contributed by atoms with Gasteiger partial charge in [0.2, 0.25) is 6.41 Å². The molecule has 7 nitrogen and oxygen atoms in total. The van der Waals surface area contributed by atoms with Gasteiger partial charge in [0.1, 0.15) is 6.04 Å². The molecule has 0 aliphatic rings. The van der Waals surface area contributed by atoms with E-state index < -0.39 is 16.9 Å². The number of nitro benzene ring substituents is 1. The molecule has 96 valence electrons. The number of esters is 1. The number of hydrogen-bond donors (Lipinski definition) is 0. The van der Waals surface area contributed by atoms with Crippen molar-refractivity contribution in [1.82, 2.24) is 0 Å². The largest absolute Gasteiger partial charge is 0.467 e. The first-order valence-corrected chi connectivity index (χ1v) is 5.07. The Labute approximate surface area is 103 Å². The maximum absolute atomic E-state index is 11.3.